The van der Waals surface area contributed by atoms with E-state index < -0.39 is 5.97 Å². The molecule has 2 saturated carbocycles. The summed E-state index contributed by atoms with van der Waals surface area (Å²) in [5.41, 5.74) is 5.96. The fraction of sp³-hybridized carbons (Fsp3) is 0.840. The highest BCUT2D eigenvalue weighted by Crippen LogP contribution is 2.25. The Bertz CT molecular complexity index is 685. The SMILES string of the molecule is CC(C)CCN(CC(=O)NC1CCCCC1)C(=O)CN(CCC(=O)O)C(=O)C1CCC(N)CC1. The van der Waals surface area contributed by atoms with Gasteiger partial charge in [-0.05, 0) is 50.9 Å². The lowest BCUT2D eigenvalue weighted by Gasteiger charge is -2.32. The highest BCUT2D eigenvalue weighted by Gasteiger charge is 2.31. The Kier molecular flexibility index (Phi) is 11.8. The van der Waals surface area contributed by atoms with Crippen molar-refractivity contribution in [1.82, 2.24) is 15.1 Å². The molecule has 2 aliphatic carbocycles. The zero-order valence-corrected chi connectivity index (χ0v) is 21.0. The Balaban J connectivity index is 2.04. The van der Waals surface area contributed by atoms with E-state index in [2.05, 4.69) is 19.2 Å². The second-order valence-corrected chi connectivity index (χ2v) is 10.4. The van der Waals surface area contributed by atoms with Crippen molar-refractivity contribution in [2.75, 3.05) is 26.2 Å². The molecule has 0 aromatic heterocycles. The fourth-order valence-electron chi connectivity index (χ4n) is 4.78. The summed E-state index contributed by atoms with van der Waals surface area (Å²) in [6, 6.07) is 0.252. The minimum atomic E-state index is -1.01. The molecule has 0 aromatic carbocycles. The van der Waals surface area contributed by atoms with E-state index >= 15 is 0 Å². The van der Waals surface area contributed by atoms with Gasteiger partial charge in [-0.15, -0.1) is 0 Å². The van der Waals surface area contributed by atoms with E-state index in [1.807, 2.05) is 0 Å². The quantitative estimate of drug-likeness (QED) is 0.392. The number of rotatable bonds is 12. The van der Waals surface area contributed by atoms with Crippen LogP contribution in [0.1, 0.15) is 84.5 Å². The molecule has 34 heavy (non-hydrogen) atoms. The van der Waals surface area contributed by atoms with Gasteiger partial charge in [0.2, 0.25) is 17.7 Å². The summed E-state index contributed by atoms with van der Waals surface area (Å²) in [6.07, 6.45) is 8.66. The summed E-state index contributed by atoms with van der Waals surface area (Å²) in [6.45, 7) is 4.27. The van der Waals surface area contributed by atoms with Crippen molar-refractivity contribution >= 4 is 23.7 Å². The van der Waals surface area contributed by atoms with Crippen LogP contribution in [0.15, 0.2) is 0 Å². The molecular formula is C25H44N4O5. The third kappa shape index (κ3) is 9.99. The largest absolute Gasteiger partial charge is 0.481 e. The van der Waals surface area contributed by atoms with Crippen molar-refractivity contribution in [3.05, 3.63) is 0 Å². The number of carbonyl (C=O) groups excluding carboxylic acids is 3. The Morgan fingerprint density at radius 2 is 1.56 bits per heavy atom. The number of amides is 3. The number of carboxylic acids is 1. The van der Waals surface area contributed by atoms with Crippen LogP contribution < -0.4 is 11.1 Å². The molecule has 2 fully saturated rings. The minimum Gasteiger partial charge on any atom is -0.481 e. The van der Waals surface area contributed by atoms with Crippen LogP contribution >= 0.6 is 0 Å². The van der Waals surface area contributed by atoms with Gasteiger partial charge in [0.25, 0.3) is 0 Å². The standard InChI is InChI=1S/C25H44N4O5/c1-18(2)12-14-28(16-22(30)27-21-6-4-3-5-7-21)23(31)17-29(15-13-24(32)33)25(34)19-8-10-20(26)11-9-19/h18-21H,3-17,26H2,1-2H3,(H,27,30)(H,32,33). The molecule has 4 N–H and O–H groups in total. The first kappa shape index (κ1) is 28.1. The maximum Gasteiger partial charge on any atom is 0.305 e. The van der Waals surface area contributed by atoms with Crippen LogP contribution in [-0.4, -0.2) is 76.9 Å². The van der Waals surface area contributed by atoms with Crippen LogP contribution in [0.25, 0.3) is 0 Å². The number of carboxylic acid groups (broad SMARTS) is 1. The lowest BCUT2D eigenvalue weighted by molar-refractivity contribution is -0.146. The van der Waals surface area contributed by atoms with E-state index in [1.165, 1.54) is 16.2 Å². The molecule has 0 spiro atoms. The lowest BCUT2D eigenvalue weighted by Crippen LogP contribution is -2.50. The number of hydrogen-bond acceptors (Lipinski definition) is 5. The van der Waals surface area contributed by atoms with Crippen molar-refractivity contribution in [2.24, 2.45) is 17.6 Å². The Labute approximate surface area is 203 Å². The highest BCUT2D eigenvalue weighted by atomic mass is 16.4. The first-order valence-corrected chi connectivity index (χ1v) is 13.0. The third-order valence-corrected chi connectivity index (χ3v) is 6.99. The number of nitrogens with zero attached hydrogens (tertiary/aromatic N) is 2. The molecule has 0 heterocycles. The smallest absolute Gasteiger partial charge is 0.305 e. The van der Waals surface area contributed by atoms with Crippen molar-refractivity contribution in [3.63, 3.8) is 0 Å². The van der Waals surface area contributed by atoms with Crippen molar-refractivity contribution in [3.8, 4) is 0 Å². The van der Waals surface area contributed by atoms with Gasteiger partial charge in [-0.3, -0.25) is 19.2 Å². The molecule has 0 unspecified atom stereocenters. The van der Waals surface area contributed by atoms with Gasteiger partial charge in [0.1, 0.15) is 0 Å². The van der Waals surface area contributed by atoms with Gasteiger partial charge >= 0.3 is 5.97 Å². The number of carbonyl (C=O) groups is 4. The number of nitrogens with one attached hydrogen (secondary N) is 1. The van der Waals surface area contributed by atoms with Gasteiger partial charge in [0.05, 0.1) is 19.5 Å². The summed E-state index contributed by atoms with van der Waals surface area (Å²) in [5.74, 6) is -1.57. The normalized spacial score (nSPS) is 21.2. The van der Waals surface area contributed by atoms with Crippen LogP contribution in [0.4, 0.5) is 0 Å². The van der Waals surface area contributed by atoms with E-state index in [1.54, 1.807) is 0 Å². The zero-order chi connectivity index (χ0) is 25.1. The second kappa shape index (κ2) is 14.3. The molecule has 9 heteroatoms. The summed E-state index contributed by atoms with van der Waals surface area (Å²) in [4.78, 5) is 53.2. The van der Waals surface area contributed by atoms with Crippen LogP contribution in [0.2, 0.25) is 0 Å². The highest BCUT2D eigenvalue weighted by molar-refractivity contribution is 5.89. The summed E-state index contributed by atoms with van der Waals surface area (Å²) < 4.78 is 0. The summed E-state index contributed by atoms with van der Waals surface area (Å²) in [5, 5.41) is 12.2. The van der Waals surface area contributed by atoms with Crippen molar-refractivity contribution in [2.45, 2.75) is 96.6 Å². The molecule has 0 atom stereocenters. The molecule has 0 aromatic rings. The van der Waals surface area contributed by atoms with Crippen molar-refractivity contribution in [1.29, 1.82) is 0 Å². The third-order valence-electron chi connectivity index (χ3n) is 6.99. The molecule has 2 aliphatic rings. The molecular weight excluding hydrogens is 436 g/mol. The summed E-state index contributed by atoms with van der Waals surface area (Å²) in [7, 11) is 0. The van der Waals surface area contributed by atoms with Crippen molar-refractivity contribution < 1.29 is 24.3 Å². The topological polar surface area (TPSA) is 133 Å². The number of nitrogens with two attached hydrogens (primary N) is 1. The maximum atomic E-state index is 13.3. The Morgan fingerprint density at radius 1 is 0.912 bits per heavy atom. The Hall–Kier alpha value is -2.16. The molecule has 0 aliphatic heterocycles. The van der Waals surface area contributed by atoms with Gasteiger partial charge in [-0.2, -0.15) is 0 Å². The van der Waals surface area contributed by atoms with Gasteiger partial charge in [-0.25, -0.2) is 0 Å². The monoisotopic (exact) mass is 480 g/mol. The molecule has 9 nitrogen and oxygen atoms in total. The fourth-order valence-corrected chi connectivity index (χ4v) is 4.78. The maximum absolute atomic E-state index is 13.3. The predicted molar refractivity (Wildman–Crippen MR) is 130 cm³/mol. The number of hydrogen-bond donors (Lipinski definition) is 3. The molecule has 0 saturated heterocycles. The average Bonchev–Trinajstić information content (AvgIpc) is 2.79. The van der Waals surface area contributed by atoms with Gasteiger partial charge in [0.15, 0.2) is 0 Å². The summed E-state index contributed by atoms with van der Waals surface area (Å²) >= 11 is 0. The van der Waals surface area contributed by atoms with Gasteiger partial charge in [0, 0.05) is 31.1 Å². The molecule has 3 amide bonds. The van der Waals surface area contributed by atoms with Crippen LogP contribution in [0, 0.1) is 11.8 Å². The van der Waals surface area contributed by atoms with E-state index in [-0.39, 0.29) is 61.8 Å². The van der Waals surface area contributed by atoms with E-state index in [0.29, 0.717) is 25.3 Å². The van der Waals surface area contributed by atoms with Crippen LogP contribution in [0.3, 0.4) is 0 Å². The first-order chi connectivity index (χ1) is 16.2. The van der Waals surface area contributed by atoms with E-state index in [0.717, 1.165) is 44.9 Å². The predicted octanol–water partition coefficient (Wildman–Crippen LogP) is 2.13. The molecule has 0 radical (unpaired) electrons. The minimum absolute atomic E-state index is 0.0191. The number of aliphatic carboxylic acids is 1. The van der Waals surface area contributed by atoms with Gasteiger partial charge in [-0.1, -0.05) is 33.1 Å². The van der Waals surface area contributed by atoms with E-state index in [4.69, 9.17) is 10.8 Å². The van der Waals surface area contributed by atoms with Crippen LogP contribution in [-0.2, 0) is 19.2 Å². The zero-order valence-electron chi connectivity index (χ0n) is 21.0. The lowest BCUT2D eigenvalue weighted by atomic mass is 9.85. The van der Waals surface area contributed by atoms with Gasteiger partial charge < -0.3 is 26.0 Å². The average molecular weight is 481 g/mol. The molecule has 2 rings (SSSR count). The molecule has 194 valence electrons. The molecule has 0 bridgehead atoms. The van der Waals surface area contributed by atoms with Crippen LogP contribution in [0.5, 0.6) is 0 Å². The first-order valence-electron chi connectivity index (χ1n) is 13.0. The Morgan fingerprint density at radius 3 is 2.15 bits per heavy atom. The van der Waals surface area contributed by atoms with E-state index in [9.17, 15) is 19.2 Å². The second-order valence-electron chi connectivity index (χ2n) is 10.4.